The predicted octanol–water partition coefficient (Wildman–Crippen LogP) is 1.43. The molecule has 0 bridgehead atoms. The Hall–Kier alpha value is -1.62. The summed E-state index contributed by atoms with van der Waals surface area (Å²) in [4.78, 5) is 21.3. The summed E-state index contributed by atoms with van der Waals surface area (Å²) in [5.41, 5.74) is 0.545. The molecule has 20 heavy (non-hydrogen) atoms. The van der Waals surface area contributed by atoms with E-state index in [1.54, 1.807) is 6.07 Å². The highest BCUT2D eigenvalue weighted by molar-refractivity contribution is 5.92. The Morgan fingerprint density at radius 2 is 2.05 bits per heavy atom. The van der Waals surface area contributed by atoms with Crippen LogP contribution >= 0.6 is 0 Å². The second-order valence-corrected chi connectivity index (χ2v) is 5.50. The van der Waals surface area contributed by atoms with E-state index in [9.17, 15) is 4.79 Å². The average Bonchev–Trinajstić information content (AvgIpc) is 3.32. The van der Waals surface area contributed by atoms with Crippen molar-refractivity contribution in [3.63, 3.8) is 0 Å². The molecular formula is C15H22N4O. The van der Waals surface area contributed by atoms with Gasteiger partial charge in [-0.2, -0.15) is 0 Å². The summed E-state index contributed by atoms with van der Waals surface area (Å²) in [6.07, 6.45) is 2.67. The van der Waals surface area contributed by atoms with E-state index in [1.165, 1.54) is 12.8 Å². The van der Waals surface area contributed by atoms with Crippen LogP contribution in [0.15, 0.2) is 18.2 Å². The van der Waals surface area contributed by atoms with Gasteiger partial charge in [-0.3, -0.25) is 9.69 Å². The molecule has 108 valence electrons. The molecule has 1 amide bonds. The van der Waals surface area contributed by atoms with E-state index >= 15 is 0 Å². The number of hydrogen-bond donors (Lipinski definition) is 1. The third kappa shape index (κ3) is 2.93. The van der Waals surface area contributed by atoms with Gasteiger partial charge in [0.05, 0.1) is 0 Å². The van der Waals surface area contributed by atoms with Gasteiger partial charge >= 0.3 is 0 Å². The first kappa shape index (κ1) is 13.4. The molecule has 0 spiro atoms. The molecule has 1 saturated heterocycles. The highest BCUT2D eigenvalue weighted by Gasteiger charge is 2.32. The lowest BCUT2D eigenvalue weighted by atomic mass is 10.2. The van der Waals surface area contributed by atoms with E-state index in [0.717, 1.165) is 44.6 Å². The van der Waals surface area contributed by atoms with Crippen molar-refractivity contribution in [1.29, 1.82) is 0 Å². The number of anilines is 1. The largest absolute Gasteiger partial charge is 0.370 e. The molecule has 0 aromatic carbocycles. The maximum atomic E-state index is 12.5. The highest BCUT2D eigenvalue weighted by Crippen LogP contribution is 2.27. The fraction of sp³-hybridized carbons (Fsp3) is 0.600. The summed E-state index contributed by atoms with van der Waals surface area (Å²) in [6.45, 7) is 6.48. The van der Waals surface area contributed by atoms with Crippen molar-refractivity contribution in [2.24, 2.45) is 0 Å². The predicted molar refractivity (Wildman–Crippen MR) is 78.9 cm³/mol. The molecule has 3 rings (SSSR count). The minimum absolute atomic E-state index is 0.0557. The Morgan fingerprint density at radius 3 is 2.70 bits per heavy atom. The maximum absolute atomic E-state index is 12.5. The molecule has 1 N–H and O–H groups in total. The lowest BCUT2D eigenvalue weighted by Crippen LogP contribution is -2.49. The van der Waals surface area contributed by atoms with Crippen LogP contribution in [0.1, 0.15) is 30.3 Å². The lowest BCUT2D eigenvalue weighted by molar-refractivity contribution is 0.0621. The van der Waals surface area contributed by atoms with Gasteiger partial charge in [0.15, 0.2) is 0 Å². The lowest BCUT2D eigenvalue weighted by Gasteiger charge is -2.34. The molecule has 1 aromatic heterocycles. The number of piperazine rings is 1. The fourth-order valence-electron chi connectivity index (χ4n) is 2.73. The SMILES string of the molecule is CCNc1cccc(C(=O)N2CCN(C3CC3)CC2)n1. The zero-order valence-electron chi connectivity index (χ0n) is 12.0. The molecule has 1 aliphatic carbocycles. The van der Waals surface area contributed by atoms with Crippen molar-refractivity contribution in [2.45, 2.75) is 25.8 Å². The molecule has 0 atom stereocenters. The van der Waals surface area contributed by atoms with Crippen molar-refractivity contribution in [3.8, 4) is 0 Å². The summed E-state index contributed by atoms with van der Waals surface area (Å²) in [7, 11) is 0. The van der Waals surface area contributed by atoms with Gasteiger partial charge in [-0.1, -0.05) is 6.07 Å². The van der Waals surface area contributed by atoms with Gasteiger partial charge in [0, 0.05) is 38.8 Å². The van der Waals surface area contributed by atoms with Crippen LogP contribution in [-0.2, 0) is 0 Å². The number of amides is 1. The zero-order chi connectivity index (χ0) is 13.9. The van der Waals surface area contributed by atoms with Crippen molar-refractivity contribution in [2.75, 3.05) is 38.0 Å². The van der Waals surface area contributed by atoms with Crippen molar-refractivity contribution in [1.82, 2.24) is 14.8 Å². The highest BCUT2D eigenvalue weighted by atomic mass is 16.2. The number of nitrogens with one attached hydrogen (secondary N) is 1. The molecule has 1 aliphatic heterocycles. The third-order valence-electron chi connectivity index (χ3n) is 3.99. The molecule has 2 fully saturated rings. The van der Waals surface area contributed by atoms with E-state index in [4.69, 9.17) is 0 Å². The van der Waals surface area contributed by atoms with Crippen LogP contribution in [0.3, 0.4) is 0 Å². The van der Waals surface area contributed by atoms with Gasteiger partial charge in [0.25, 0.3) is 5.91 Å². The normalized spacial score (nSPS) is 19.9. The fourth-order valence-corrected chi connectivity index (χ4v) is 2.73. The van der Waals surface area contributed by atoms with Crippen LogP contribution in [0.2, 0.25) is 0 Å². The van der Waals surface area contributed by atoms with Crippen LogP contribution < -0.4 is 5.32 Å². The number of carbonyl (C=O) groups excluding carboxylic acids is 1. The smallest absolute Gasteiger partial charge is 0.272 e. The molecule has 5 nitrogen and oxygen atoms in total. The molecule has 0 unspecified atom stereocenters. The average molecular weight is 274 g/mol. The summed E-state index contributed by atoms with van der Waals surface area (Å²) in [6, 6.07) is 6.38. The Kier molecular flexibility index (Phi) is 3.87. The second-order valence-electron chi connectivity index (χ2n) is 5.50. The Bertz CT molecular complexity index is 479. The third-order valence-corrected chi connectivity index (χ3v) is 3.99. The summed E-state index contributed by atoms with van der Waals surface area (Å²) in [5, 5.41) is 3.15. The summed E-state index contributed by atoms with van der Waals surface area (Å²) < 4.78 is 0. The Labute approximate surface area is 120 Å². The van der Waals surface area contributed by atoms with Crippen LogP contribution in [0.4, 0.5) is 5.82 Å². The molecular weight excluding hydrogens is 252 g/mol. The monoisotopic (exact) mass is 274 g/mol. The molecule has 1 aromatic rings. The van der Waals surface area contributed by atoms with Gasteiger partial charge in [0.1, 0.15) is 11.5 Å². The van der Waals surface area contributed by atoms with E-state index in [2.05, 4.69) is 15.2 Å². The number of nitrogens with zero attached hydrogens (tertiary/aromatic N) is 3. The first-order valence-corrected chi connectivity index (χ1v) is 7.52. The minimum atomic E-state index is 0.0557. The van der Waals surface area contributed by atoms with E-state index < -0.39 is 0 Å². The Balaban J connectivity index is 1.62. The number of carbonyl (C=O) groups is 1. The van der Waals surface area contributed by atoms with Crippen LogP contribution in [0.25, 0.3) is 0 Å². The van der Waals surface area contributed by atoms with E-state index in [-0.39, 0.29) is 5.91 Å². The molecule has 2 heterocycles. The van der Waals surface area contributed by atoms with E-state index in [1.807, 2.05) is 24.0 Å². The second kappa shape index (κ2) is 5.79. The van der Waals surface area contributed by atoms with Gasteiger partial charge in [0.2, 0.25) is 0 Å². The summed E-state index contributed by atoms with van der Waals surface area (Å²) >= 11 is 0. The van der Waals surface area contributed by atoms with Crippen LogP contribution in [0.5, 0.6) is 0 Å². The topological polar surface area (TPSA) is 48.5 Å². The molecule has 5 heteroatoms. The minimum Gasteiger partial charge on any atom is -0.370 e. The number of rotatable bonds is 4. The van der Waals surface area contributed by atoms with Crippen molar-refractivity contribution in [3.05, 3.63) is 23.9 Å². The standard InChI is InChI=1S/C15H22N4O/c1-2-16-14-5-3-4-13(17-14)15(20)19-10-8-18(9-11-19)12-6-7-12/h3-5,12H,2,6-11H2,1H3,(H,16,17). The van der Waals surface area contributed by atoms with Crippen LogP contribution in [-0.4, -0.2) is 59.5 Å². The first-order valence-electron chi connectivity index (χ1n) is 7.52. The molecule has 0 radical (unpaired) electrons. The van der Waals surface area contributed by atoms with Gasteiger partial charge in [-0.25, -0.2) is 4.98 Å². The van der Waals surface area contributed by atoms with Crippen molar-refractivity contribution < 1.29 is 4.79 Å². The Morgan fingerprint density at radius 1 is 1.30 bits per heavy atom. The van der Waals surface area contributed by atoms with Crippen molar-refractivity contribution >= 4 is 11.7 Å². The summed E-state index contributed by atoms with van der Waals surface area (Å²) in [5.74, 6) is 0.829. The van der Waals surface area contributed by atoms with Crippen LogP contribution in [0, 0.1) is 0 Å². The van der Waals surface area contributed by atoms with E-state index in [0.29, 0.717) is 5.69 Å². The van der Waals surface area contributed by atoms with Gasteiger partial charge in [-0.15, -0.1) is 0 Å². The van der Waals surface area contributed by atoms with Gasteiger partial charge < -0.3 is 10.2 Å². The quantitative estimate of drug-likeness (QED) is 0.902. The zero-order valence-corrected chi connectivity index (χ0v) is 12.0. The van der Waals surface area contributed by atoms with Gasteiger partial charge in [-0.05, 0) is 31.9 Å². The first-order chi connectivity index (χ1) is 9.78. The maximum Gasteiger partial charge on any atom is 0.272 e. The molecule has 1 saturated carbocycles. The molecule has 2 aliphatic rings. The number of aromatic nitrogens is 1. The number of hydrogen-bond acceptors (Lipinski definition) is 4. The number of pyridine rings is 1.